The zero-order chi connectivity index (χ0) is 15.1. The molecule has 1 amide bonds. The van der Waals surface area contributed by atoms with E-state index < -0.39 is 17.7 Å². The Morgan fingerprint density at radius 2 is 2.15 bits per heavy atom. The number of carbonyl (C=O) groups excluding carboxylic acids is 1. The van der Waals surface area contributed by atoms with E-state index in [2.05, 4.69) is 5.32 Å². The van der Waals surface area contributed by atoms with E-state index in [1.54, 1.807) is 6.92 Å². The van der Waals surface area contributed by atoms with Gasteiger partial charge in [0.05, 0.1) is 7.11 Å². The number of aliphatic carboxylic acids is 1. The second-order valence-electron chi connectivity index (χ2n) is 4.48. The molecule has 0 saturated heterocycles. The first-order valence-corrected chi connectivity index (χ1v) is 6.31. The van der Waals surface area contributed by atoms with Crippen molar-refractivity contribution < 1.29 is 23.8 Å². The predicted molar refractivity (Wildman–Crippen MR) is 71.4 cm³/mol. The van der Waals surface area contributed by atoms with Crippen molar-refractivity contribution in [3.63, 3.8) is 0 Å². The van der Waals surface area contributed by atoms with Crippen LogP contribution in [0, 0.1) is 5.82 Å². The van der Waals surface area contributed by atoms with Gasteiger partial charge in [-0.05, 0) is 31.9 Å². The molecule has 1 unspecified atom stereocenters. The molecule has 2 N–H and O–H groups in total. The third-order valence-electron chi connectivity index (χ3n) is 2.83. The van der Waals surface area contributed by atoms with Crippen molar-refractivity contribution in [3.8, 4) is 5.75 Å². The molecule has 20 heavy (non-hydrogen) atoms. The monoisotopic (exact) mass is 283 g/mol. The average Bonchev–Trinajstić information content (AvgIpc) is 2.37. The van der Waals surface area contributed by atoms with Crippen molar-refractivity contribution in [3.05, 3.63) is 29.6 Å². The molecule has 0 heterocycles. The molecular formula is C14H18FNO4. The fourth-order valence-electron chi connectivity index (χ4n) is 1.82. The number of benzene rings is 1. The minimum Gasteiger partial charge on any atom is -0.496 e. The lowest BCUT2D eigenvalue weighted by Gasteiger charge is -2.15. The maximum atomic E-state index is 13.7. The van der Waals surface area contributed by atoms with Gasteiger partial charge in [0.2, 0.25) is 0 Å². The summed E-state index contributed by atoms with van der Waals surface area (Å²) in [6.45, 7) is 1.74. The number of carbonyl (C=O) groups is 2. The molecule has 110 valence electrons. The van der Waals surface area contributed by atoms with Gasteiger partial charge in [0.15, 0.2) is 0 Å². The first-order chi connectivity index (χ1) is 9.45. The lowest BCUT2D eigenvalue weighted by Crippen LogP contribution is -2.33. The predicted octanol–water partition coefficient (Wildman–Crippen LogP) is 2.21. The molecule has 0 fully saturated rings. The average molecular weight is 283 g/mol. The number of methoxy groups -OCH3 is 1. The molecule has 0 aliphatic heterocycles. The van der Waals surface area contributed by atoms with Gasteiger partial charge in [0.1, 0.15) is 17.1 Å². The zero-order valence-electron chi connectivity index (χ0n) is 11.5. The van der Waals surface area contributed by atoms with Crippen LogP contribution >= 0.6 is 0 Å². The molecule has 0 aliphatic carbocycles. The largest absolute Gasteiger partial charge is 0.496 e. The third-order valence-corrected chi connectivity index (χ3v) is 2.83. The van der Waals surface area contributed by atoms with Gasteiger partial charge >= 0.3 is 5.97 Å². The van der Waals surface area contributed by atoms with Gasteiger partial charge in [-0.15, -0.1) is 0 Å². The van der Waals surface area contributed by atoms with Crippen molar-refractivity contribution in [2.75, 3.05) is 7.11 Å². The molecule has 1 atom stereocenters. The van der Waals surface area contributed by atoms with Crippen molar-refractivity contribution in [1.29, 1.82) is 0 Å². The minimum absolute atomic E-state index is 0.0449. The van der Waals surface area contributed by atoms with Crippen LogP contribution in [0.15, 0.2) is 18.2 Å². The molecule has 0 spiro atoms. The highest BCUT2D eigenvalue weighted by molar-refractivity contribution is 5.97. The first-order valence-electron chi connectivity index (χ1n) is 6.31. The van der Waals surface area contributed by atoms with Crippen molar-refractivity contribution in [1.82, 2.24) is 5.32 Å². The summed E-state index contributed by atoms with van der Waals surface area (Å²) in [5, 5.41) is 11.2. The van der Waals surface area contributed by atoms with E-state index in [1.165, 1.54) is 25.3 Å². The second kappa shape index (κ2) is 7.47. The maximum Gasteiger partial charge on any atom is 0.303 e. The summed E-state index contributed by atoms with van der Waals surface area (Å²) in [5.41, 5.74) is -0.139. The van der Waals surface area contributed by atoms with Gasteiger partial charge in [0.25, 0.3) is 5.91 Å². The van der Waals surface area contributed by atoms with Crippen molar-refractivity contribution in [2.24, 2.45) is 0 Å². The Kier molecular flexibility index (Phi) is 5.96. The molecule has 0 saturated carbocycles. The van der Waals surface area contributed by atoms with Gasteiger partial charge in [-0.1, -0.05) is 6.07 Å². The van der Waals surface area contributed by atoms with Crippen LogP contribution in [0.2, 0.25) is 0 Å². The smallest absolute Gasteiger partial charge is 0.303 e. The minimum atomic E-state index is -0.876. The Hall–Kier alpha value is -2.11. The molecular weight excluding hydrogens is 265 g/mol. The number of amides is 1. The van der Waals surface area contributed by atoms with Crippen molar-refractivity contribution >= 4 is 11.9 Å². The van der Waals surface area contributed by atoms with Crippen LogP contribution in [0.5, 0.6) is 5.75 Å². The maximum absolute atomic E-state index is 13.7. The van der Waals surface area contributed by atoms with Gasteiger partial charge in [0, 0.05) is 12.5 Å². The molecule has 1 aromatic rings. The number of hydrogen-bond donors (Lipinski definition) is 2. The molecule has 0 bridgehead atoms. The Bertz CT molecular complexity index is 490. The zero-order valence-corrected chi connectivity index (χ0v) is 11.5. The van der Waals surface area contributed by atoms with Crippen LogP contribution in [0.3, 0.4) is 0 Å². The molecule has 6 heteroatoms. The SMILES string of the molecule is COc1cccc(F)c1C(=O)NC(C)CCCC(=O)O. The summed E-state index contributed by atoms with van der Waals surface area (Å²) in [4.78, 5) is 22.4. The van der Waals surface area contributed by atoms with E-state index in [4.69, 9.17) is 9.84 Å². The Balaban J connectivity index is 2.64. The van der Waals surface area contributed by atoms with Crippen LogP contribution in [0.1, 0.15) is 36.5 Å². The molecule has 1 aromatic carbocycles. The summed E-state index contributed by atoms with van der Waals surface area (Å²) >= 11 is 0. The van der Waals surface area contributed by atoms with Gasteiger partial charge in [-0.2, -0.15) is 0 Å². The Morgan fingerprint density at radius 1 is 1.45 bits per heavy atom. The lowest BCUT2D eigenvalue weighted by atomic mass is 10.1. The van der Waals surface area contributed by atoms with Crippen LogP contribution in [0.4, 0.5) is 4.39 Å². The summed E-state index contributed by atoms with van der Waals surface area (Å²) < 4.78 is 18.6. The Labute approximate surface area is 116 Å². The van der Waals surface area contributed by atoms with Crippen LogP contribution in [-0.2, 0) is 4.79 Å². The molecule has 1 rings (SSSR count). The highest BCUT2D eigenvalue weighted by Crippen LogP contribution is 2.21. The van der Waals surface area contributed by atoms with E-state index in [-0.39, 0.29) is 23.8 Å². The fraction of sp³-hybridized carbons (Fsp3) is 0.429. The summed E-state index contributed by atoms with van der Waals surface area (Å²) in [6.07, 6.45) is 1.00. The topological polar surface area (TPSA) is 75.6 Å². The Morgan fingerprint density at radius 3 is 2.75 bits per heavy atom. The number of rotatable bonds is 7. The summed E-state index contributed by atoms with van der Waals surface area (Å²) in [7, 11) is 1.36. The van der Waals surface area contributed by atoms with E-state index in [0.717, 1.165) is 0 Å². The lowest BCUT2D eigenvalue weighted by molar-refractivity contribution is -0.137. The molecule has 5 nitrogen and oxygen atoms in total. The van der Waals surface area contributed by atoms with E-state index >= 15 is 0 Å². The number of halogens is 1. The normalized spacial score (nSPS) is 11.8. The third kappa shape index (κ3) is 4.53. The number of carboxylic acid groups (broad SMARTS) is 1. The van der Waals surface area contributed by atoms with Gasteiger partial charge in [-0.3, -0.25) is 9.59 Å². The highest BCUT2D eigenvalue weighted by atomic mass is 19.1. The highest BCUT2D eigenvalue weighted by Gasteiger charge is 2.19. The second-order valence-corrected chi connectivity index (χ2v) is 4.48. The number of nitrogens with one attached hydrogen (secondary N) is 1. The summed E-state index contributed by atoms with van der Waals surface area (Å²) in [5.74, 6) is -1.93. The van der Waals surface area contributed by atoms with Crippen LogP contribution in [-0.4, -0.2) is 30.1 Å². The standard InChI is InChI=1S/C14H18FNO4/c1-9(5-3-8-12(17)18)16-14(19)13-10(15)6-4-7-11(13)20-2/h4,6-7,9H,3,5,8H2,1-2H3,(H,16,19)(H,17,18). The first kappa shape index (κ1) is 15.9. The molecule has 0 radical (unpaired) electrons. The summed E-state index contributed by atoms with van der Waals surface area (Å²) in [6, 6.07) is 3.91. The molecule has 0 aromatic heterocycles. The number of carboxylic acids is 1. The van der Waals surface area contributed by atoms with Crippen LogP contribution < -0.4 is 10.1 Å². The van der Waals surface area contributed by atoms with Crippen LogP contribution in [0.25, 0.3) is 0 Å². The van der Waals surface area contributed by atoms with Crippen molar-refractivity contribution in [2.45, 2.75) is 32.2 Å². The molecule has 0 aliphatic rings. The fourth-order valence-corrected chi connectivity index (χ4v) is 1.82. The van der Waals surface area contributed by atoms with Gasteiger partial charge in [-0.25, -0.2) is 4.39 Å². The van der Waals surface area contributed by atoms with E-state index in [1.807, 2.05) is 0 Å². The van der Waals surface area contributed by atoms with E-state index in [0.29, 0.717) is 12.8 Å². The van der Waals surface area contributed by atoms with Gasteiger partial charge < -0.3 is 15.2 Å². The van der Waals surface area contributed by atoms with E-state index in [9.17, 15) is 14.0 Å². The number of hydrogen-bond acceptors (Lipinski definition) is 3. The quantitative estimate of drug-likeness (QED) is 0.804. The number of ether oxygens (including phenoxy) is 1.